The quantitative estimate of drug-likeness (QED) is 0.570. The van der Waals surface area contributed by atoms with E-state index in [0.29, 0.717) is 32.1 Å². The highest BCUT2D eigenvalue weighted by atomic mass is 32.2. The summed E-state index contributed by atoms with van der Waals surface area (Å²) in [5.41, 5.74) is 2.41. The number of hydrogen-bond acceptors (Lipinski definition) is 3. The van der Waals surface area contributed by atoms with E-state index >= 15 is 0 Å². The molecule has 0 bridgehead atoms. The molecule has 136 valence electrons. The van der Waals surface area contributed by atoms with Crippen LogP contribution in [0.25, 0.3) is 0 Å². The van der Waals surface area contributed by atoms with E-state index in [0.717, 1.165) is 0 Å². The molecule has 0 spiro atoms. The summed E-state index contributed by atoms with van der Waals surface area (Å²) in [4.78, 5) is 6.21. The zero-order chi connectivity index (χ0) is 18.2. The van der Waals surface area contributed by atoms with Crippen LogP contribution in [0.2, 0.25) is 0 Å². The molecule has 0 unspecified atom stereocenters. The van der Waals surface area contributed by atoms with Crippen LogP contribution in [0.3, 0.4) is 0 Å². The van der Waals surface area contributed by atoms with Gasteiger partial charge in [-0.05, 0) is 12.5 Å². The van der Waals surface area contributed by atoms with Crippen molar-refractivity contribution in [2.75, 3.05) is 39.5 Å². The topological polar surface area (TPSA) is 65.0 Å². The van der Waals surface area contributed by atoms with Gasteiger partial charge in [-0.2, -0.15) is 0 Å². The summed E-state index contributed by atoms with van der Waals surface area (Å²) >= 11 is 0. The van der Waals surface area contributed by atoms with E-state index in [4.69, 9.17) is 0 Å². The van der Waals surface area contributed by atoms with Crippen LogP contribution in [-0.2, 0) is 16.6 Å². The first kappa shape index (κ1) is 20.4. The van der Waals surface area contributed by atoms with Gasteiger partial charge in [0.1, 0.15) is 0 Å². The third-order valence-electron chi connectivity index (χ3n) is 3.86. The molecule has 0 heterocycles. The molecule has 1 rings (SSSR count). The molecule has 0 radical (unpaired) electrons. The Hall–Kier alpha value is -1.60. The fraction of sp³-hybridized carbons (Fsp3) is 0.588. The highest BCUT2D eigenvalue weighted by Crippen LogP contribution is 2.06. The minimum Gasteiger partial charge on any atom is -0.355 e. The van der Waals surface area contributed by atoms with Crippen molar-refractivity contribution in [3.8, 4) is 0 Å². The molecule has 6 nitrogen and oxygen atoms in total. The summed E-state index contributed by atoms with van der Waals surface area (Å²) in [5, 5.41) is 3.13. The number of aliphatic imine (C=N–C) groups is 1. The molecular formula is C17H30N4O2S. The van der Waals surface area contributed by atoms with Crippen molar-refractivity contribution in [2.45, 2.75) is 27.3 Å². The number of nitrogens with one attached hydrogen (secondary N) is 1. The lowest BCUT2D eigenvalue weighted by molar-refractivity contribution is 0.443. The minimum absolute atomic E-state index is 0.0616. The maximum absolute atomic E-state index is 12.2. The Labute approximate surface area is 146 Å². The Morgan fingerprint density at radius 1 is 1.17 bits per heavy atom. The van der Waals surface area contributed by atoms with Crippen molar-refractivity contribution in [2.24, 2.45) is 4.99 Å². The molecule has 7 heteroatoms. The second kappa shape index (κ2) is 9.64. The first-order valence-electron chi connectivity index (χ1n) is 8.29. The molecule has 24 heavy (non-hydrogen) atoms. The molecule has 1 aromatic rings. The molecule has 0 aliphatic carbocycles. The standard InChI is InChI=1S/C17H30N4O2S/c1-6-21(7-2)24(22,23)13-12-19-17(18-4)20(5)14-16-10-8-15(3)9-11-16/h8-11H,6-7,12-14H2,1-5H3,(H,18,19). The molecule has 0 fully saturated rings. The lowest BCUT2D eigenvalue weighted by atomic mass is 10.1. The molecule has 0 atom stereocenters. The third-order valence-corrected chi connectivity index (χ3v) is 5.88. The molecule has 0 aliphatic heterocycles. The number of nitrogens with zero attached hydrogens (tertiary/aromatic N) is 3. The van der Waals surface area contributed by atoms with Crippen molar-refractivity contribution in [3.05, 3.63) is 35.4 Å². The molecule has 0 saturated heterocycles. The average molecular weight is 355 g/mol. The molecule has 1 aromatic carbocycles. The molecular weight excluding hydrogens is 324 g/mol. The van der Waals surface area contributed by atoms with Gasteiger partial charge in [0.25, 0.3) is 0 Å². The molecule has 0 aromatic heterocycles. The van der Waals surface area contributed by atoms with Crippen molar-refractivity contribution in [3.63, 3.8) is 0 Å². The number of rotatable bonds is 8. The van der Waals surface area contributed by atoms with Gasteiger partial charge < -0.3 is 10.2 Å². The van der Waals surface area contributed by atoms with Gasteiger partial charge in [-0.25, -0.2) is 12.7 Å². The van der Waals surface area contributed by atoms with Crippen LogP contribution in [0.4, 0.5) is 0 Å². The maximum Gasteiger partial charge on any atom is 0.215 e. The number of guanidine groups is 1. The fourth-order valence-electron chi connectivity index (χ4n) is 2.46. The van der Waals surface area contributed by atoms with E-state index in [-0.39, 0.29) is 5.75 Å². The monoisotopic (exact) mass is 354 g/mol. The van der Waals surface area contributed by atoms with Gasteiger partial charge in [-0.3, -0.25) is 4.99 Å². The molecule has 1 N–H and O–H groups in total. The van der Waals surface area contributed by atoms with Crippen molar-refractivity contribution >= 4 is 16.0 Å². The van der Waals surface area contributed by atoms with E-state index < -0.39 is 10.0 Å². The van der Waals surface area contributed by atoms with E-state index in [1.165, 1.54) is 15.4 Å². The highest BCUT2D eigenvalue weighted by molar-refractivity contribution is 7.89. The van der Waals surface area contributed by atoms with Gasteiger partial charge in [0.2, 0.25) is 10.0 Å². The van der Waals surface area contributed by atoms with E-state index in [1.54, 1.807) is 7.05 Å². The van der Waals surface area contributed by atoms with Crippen LogP contribution in [0.5, 0.6) is 0 Å². The van der Waals surface area contributed by atoms with E-state index in [9.17, 15) is 8.42 Å². The summed E-state index contributed by atoms with van der Waals surface area (Å²) in [6, 6.07) is 8.33. The first-order valence-corrected chi connectivity index (χ1v) is 9.90. The minimum atomic E-state index is -3.22. The van der Waals surface area contributed by atoms with Gasteiger partial charge in [-0.15, -0.1) is 0 Å². The lowest BCUT2D eigenvalue weighted by Crippen LogP contribution is -2.42. The SMILES string of the molecule is CCN(CC)S(=O)(=O)CCNC(=NC)N(C)Cc1ccc(C)cc1. The maximum atomic E-state index is 12.2. The summed E-state index contributed by atoms with van der Waals surface area (Å²) < 4.78 is 25.9. The average Bonchev–Trinajstić information content (AvgIpc) is 2.54. The van der Waals surface area contributed by atoms with Gasteiger partial charge in [0, 0.05) is 40.3 Å². The Morgan fingerprint density at radius 2 is 1.75 bits per heavy atom. The van der Waals surface area contributed by atoms with Crippen LogP contribution in [0.15, 0.2) is 29.3 Å². The summed E-state index contributed by atoms with van der Waals surface area (Å²) in [5.74, 6) is 0.747. The van der Waals surface area contributed by atoms with Gasteiger partial charge in [-0.1, -0.05) is 43.7 Å². The summed E-state index contributed by atoms with van der Waals surface area (Å²) in [6.45, 7) is 7.81. The second-order valence-corrected chi connectivity index (χ2v) is 7.80. The third kappa shape index (κ3) is 6.13. The van der Waals surface area contributed by atoms with Crippen LogP contribution in [-0.4, -0.2) is 63.1 Å². The van der Waals surface area contributed by atoms with Gasteiger partial charge >= 0.3 is 0 Å². The summed E-state index contributed by atoms with van der Waals surface area (Å²) in [7, 11) is 0.421. The van der Waals surface area contributed by atoms with E-state index in [2.05, 4.69) is 41.5 Å². The Balaban J connectivity index is 2.57. The predicted octanol–water partition coefficient (Wildman–Crippen LogP) is 1.67. The first-order chi connectivity index (χ1) is 11.3. The number of benzene rings is 1. The summed E-state index contributed by atoms with van der Waals surface area (Å²) in [6.07, 6.45) is 0. The number of sulfonamides is 1. The Bertz CT molecular complexity index is 622. The number of hydrogen-bond donors (Lipinski definition) is 1. The predicted molar refractivity (Wildman–Crippen MR) is 101 cm³/mol. The van der Waals surface area contributed by atoms with Gasteiger partial charge in [0.15, 0.2) is 5.96 Å². The lowest BCUT2D eigenvalue weighted by Gasteiger charge is -2.23. The highest BCUT2D eigenvalue weighted by Gasteiger charge is 2.18. The Kier molecular flexibility index (Phi) is 8.21. The molecule has 0 amide bonds. The van der Waals surface area contributed by atoms with Crippen molar-refractivity contribution < 1.29 is 8.42 Å². The van der Waals surface area contributed by atoms with Crippen molar-refractivity contribution in [1.29, 1.82) is 0 Å². The van der Waals surface area contributed by atoms with Gasteiger partial charge in [0.05, 0.1) is 5.75 Å². The Morgan fingerprint density at radius 3 is 2.25 bits per heavy atom. The van der Waals surface area contributed by atoms with Crippen LogP contribution >= 0.6 is 0 Å². The zero-order valence-corrected chi connectivity index (χ0v) is 16.2. The molecule has 0 aliphatic rings. The smallest absolute Gasteiger partial charge is 0.215 e. The van der Waals surface area contributed by atoms with Crippen LogP contribution < -0.4 is 5.32 Å². The molecule has 0 saturated carbocycles. The van der Waals surface area contributed by atoms with Crippen LogP contribution in [0, 0.1) is 6.92 Å². The zero-order valence-electron chi connectivity index (χ0n) is 15.4. The second-order valence-electron chi connectivity index (χ2n) is 5.72. The number of aryl methyl sites for hydroxylation is 1. The van der Waals surface area contributed by atoms with E-state index in [1.807, 2.05) is 25.8 Å². The largest absolute Gasteiger partial charge is 0.355 e. The van der Waals surface area contributed by atoms with Crippen molar-refractivity contribution in [1.82, 2.24) is 14.5 Å². The fourth-order valence-corrected chi connectivity index (χ4v) is 3.87. The normalized spacial score (nSPS) is 12.5. The van der Waals surface area contributed by atoms with Crippen LogP contribution in [0.1, 0.15) is 25.0 Å².